The minimum absolute atomic E-state index is 0.106. The van der Waals surface area contributed by atoms with Crippen molar-refractivity contribution < 1.29 is 80.2 Å². The van der Waals surface area contributed by atoms with Crippen molar-refractivity contribution in [3.8, 4) is 0 Å². The Bertz CT molecular complexity index is 1860. The highest BCUT2D eigenvalue weighted by atomic mass is 31.2. The average Bonchev–Trinajstić information content (AvgIpc) is 2.00. The van der Waals surface area contributed by atoms with Crippen molar-refractivity contribution in [2.24, 2.45) is 11.8 Å². The number of unbranched alkanes of at least 4 members (excludes halogenated alkanes) is 45. The van der Waals surface area contributed by atoms with Gasteiger partial charge in [-0.3, -0.25) is 37.3 Å². The van der Waals surface area contributed by atoms with Crippen LogP contribution in [-0.4, -0.2) is 96.7 Å². The molecule has 3 unspecified atom stereocenters. The van der Waals surface area contributed by atoms with Crippen molar-refractivity contribution >= 4 is 39.5 Å². The quantitative estimate of drug-likeness (QED) is 0.0222. The highest BCUT2D eigenvalue weighted by Crippen LogP contribution is 2.45. The Morgan fingerprint density at radius 2 is 0.531 bits per heavy atom. The molecule has 0 aliphatic rings. The Morgan fingerprint density at radius 1 is 0.302 bits per heavy atom. The number of carbonyl (C=O) groups is 4. The van der Waals surface area contributed by atoms with Crippen molar-refractivity contribution in [3.63, 3.8) is 0 Å². The number of esters is 4. The fourth-order valence-electron chi connectivity index (χ4n) is 11.8. The molecule has 19 heteroatoms. The van der Waals surface area contributed by atoms with E-state index in [0.29, 0.717) is 25.7 Å². The van der Waals surface area contributed by atoms with Gasteiger partial charge in [-0.25, -0.2) is 9.13 Å². The monoisotopic (exact) mass is 1410 g/mol. The Hall–Kier alpha value is -1.94. The van der Waals surface area contributed by atoms with E-state index in [1.54, 1.807) is 0 Å². The van der Waals surface area contributed by atoms with Crippen LogP contribution in [0.2, 0.25) is 0 Å². The number of aliphatic hydroxyl groups is 1. The molecule has 6 atom stereocenters. The molecule has 17 nitrogen and oxygen atoms in total. The Morgan fingerprint density at radius 3 is 0.792 bits per heavy atom. The van der Waals surface area contributed by atoms with Gasteiger partial charge in [0, 0.05) is 25.7 Å². The molecule has 0 radical (unpaired) electrons. The van der Waals surface area contributed by atoms with E-state index in [-0.39, 0.29) is 25.7 Å². The van der Waals surface area contributed by atoms with Gasteiger partial charge in [0.05, 0.1) is 26.4 Å². The smallest absolute Gasteiger partial charge is 0.462 e. The van der Waals surface area contributed by atoms with Crippen molar-refractivity contribution in [1.29, 1.82) is 0 Å². The van der Waals surface area contributed by atoms with Crippen LogP contribution in [0.5, 0.6) is 0 Å². The first-order chi connectivity index (χ1) is 46.4. The lowest BCUT2D eigenvalue weighted by Crippen LogP contribution is -2.30. The van der Waals surface area contributed by atoms with Gasteiger partial charge in [-0.1, -0.05) is 350 Å². The minimum atomic E-state index is -4.96. The van der Waals surface area contributed by atoms with Gasteiger partial charge in [0.1, 0.15) is 19.3 Å². The zero-order chi connectivity index (χ0) is 70.7. The van der Waals surface area contributed by atoms with Crippen molar-refractivity contribution in [1.82, 2.24) is 0 Å². The third kappa shape index (κ3) is 69.2. The molecule has 0 aliphatic carbocycles. The highest BCUT2D eigenvalue weighted by Gasteiger charge is 2.30. The second-order valence-corrected chi connectivity index (χ2v) is 31.4. The largest absolute Gasteiger partial charge is 0.472 e. The molecule has 0 heterocycles. The van der Waals surface area contributed by atoms with Crippen LogP contribution in [-0.2, 0) is 65.4 Å². The summed E-state index contributed by atoms with van der Waals surface area (Å²) in [5, 5.41) is 10.6. The molecule has 0 saturated carbocycles. The van der Waals surface area contributed by atoms with E-state index in [1.807, 2.05) is 0 Å². The summed E-state index contributed by atoms with van der Waals surface area (Å²) in [6.45, 7) is 9.60. The molecule has 3 N–H and O–H groups in total. The lowest BCUT2D eigenvalue weighted by atomic mass is 9.99. The summed E-state index contributed by atoms with van der Waals surface area (Å²) < 4.78 is 68.6. The van der Waals surface area contributed by atoms with Crippen molar-refractivity contribution in [2.45, 2.75) is 419 Å². The van der Waals surface area contributed by atoms with Crippen LogP contribution in [0.25, 0.3) is 0 Å². The zero-order valence-electron chi connectivity index (χ0n) is 62.7. The van der Waals surface area contributed by atoms with E-state index in [9.17, 15) is 43.2 Å². The molecular weight excluding hydrogens is 1260 g/mol. The number of hydrogen-bond acceptors (Lipinski definition) is 15. The molecule has 0 aliphatic heterocycles. The summed E-state index contributed by atoms with van der Waals surface area (Å²) in [6.07, 6.45) is 56.7. The van der Waals surface area contributed by atoms with Crippen molar-refractivity contribution in [3.05, 3.63) is 0 Å². The maximum Gasteiger partial charge on any atom is 0.472 e. The Balaban J connectivity index is 5.26. The molecule has 0 saturated heterocycles. The molecule has 0 aromatic rings. The molecule has 96 heavy (non-hydrogen) atoms. The lowest BCUT2D eigenvalue weighted by Gasteiger charge is -2.21. The predicted octanol–water partition coefficient (Wildman–Crippen LogP) is 22.7. The average molecular weight is 1410 g/mol. The van der Waals surface area contributed by atoms with Gasteiger partial charge in [0.15, 0.2) is 12.2 Å². The van der Waals surface area contributed by atoms with E-state index in [2.05, 4.69) is 41.5 Å². The molecular formula is C77H150O17P2. The molecule has 0 aromatic carbocycles. The zero-order valence-corrected chi connectivity index (χ0v) is 64.5. The Kier molecular flexibility index (Phi) is 67.4. The van der Waals surface area contributed by atoms with Gasteiger partial charge in [-0.15, -0.1) is 0 Å². The number of hydrogen-bond donors (Lipinski definition) is 3. The second-order valence-electron chi connectivity index (χ2n) is 28.5. The van der Waals surface area contributed by atoms with Gasteiger partial charge in [0.2, 0.25) is 0 Å². The maximum absolute atomic E-state index is 13.1. The summed E-state index contributed by atoms with van der Waals surface area (Å²) >= 11 is 0. The fourth-order valence-corrected chi connectivity index (χ4v) is 13.4. The molecule has 0 aromatic heterocycles. The summed E-state index contributed by atoms with van der Waals surface area (Å²) in [6, 6.07) is 0. The SMILES string of the molecule is CCCCCCCCCCCCCCCCCCC(=O)O[C@H](COC(=O)CCCCCCCCCCCCCCCCC)COP(=O)(O)OC[C@@H](O)COP(=O)(O)OC[C@@H](COC(=O)CCCCCCCCCCC(C)C)OC(=O)CCCCCCCCCCCCC(C)CC. The van der Waals surface area contributed by atoms with Crippen LogP contribution in [0.4, 0.5) is 0 Å². The minimum Gasteiger partial charge on any atom is -0.462 e. The summed E-state index contributed by atoms with van der Waals surface area (Å²) in [5.41, 5.74) is 0. The standard InChI is InChI=1S/C77H150O17P2/c1-7-10-12-14-16-18-20-22-24-26-28-30-35-43-49-55-61-76(81)93-72(65-87-74(79)59-53-47-41-34-29-27-25-23-21-19-17-15-13-11-8-2)67-91-95(83,84)89-63-71(78)64-90-96(85,86)92-68-73(66-88-75(80)60-54-48-42-38-37-39-45-51-57-69(4)5)94-77(82)62-56-50-44-36-32-31-33-40-46-52-58-70(6)9-3/h69-73,78H,7-68H2,1-6H3,(H,83,84)(H,85,86)/t70?,71-,72-,73-/m1/s1. The van der Waals surface area contributed by atoms with Crippen LogP contribution < -0.4 is 0 Å². The van der Waals surface area contributed by atoms with Gasteiger partial charge in [0.25, 0.3) is 0 Å². The Labute approximate surface area is 588 Å². The van der Waals surface area contributed by atoms with Crippen molar-refractivity contribution in [2.75, 3.05) is 39.6 Å². The van der Waals surface area contributed by atoms with E-state index >= 15 is 0 Å². The summed E-state index contributed by atoms with van der Waals surface area (Å²) in [4.78, 5) is 72.9. The van der Waals surface area contributed by atoms with E-state index in [4.69, 9.17) is 37.0 Å². The molecule has 0 spiro atoms. The molecule has 0 amide bonds. The van der Waals surface area contributed by atoms with Gasteiger partial charge in [-0.2, -0.15) is 0 Å². The van der Waals surface area contributed by atoms with Gasteiger partial charge < -0.3 is 33.8 Å². The number of aliphatic hydroxyl groups excluding tert-OH is 1. The first kappa shape index (κ1) is 94.1. The van der Waals surface area contributed by atoms with Gasteiger partial charge >= 0.3 is 39.5 Å². The molecule has 0 fully saturated rings. The highest BCUT2D eigenvalue weighted by molar-refractivity contribution is 7.47. The number of rotatable bonds is 76. The summed E-state index contributed by atoms with van der Waals surface area (Å²) in [7, 11) is -9.91. The normalized spacial score (nSPS) is 14.3. The van der Waals surface area contributed by atoms with Gasteiger partial charge in [-0.05, 0) is 37.5 Å². The summed E-state index contributed by atoms with van der Waals surface area (Å²) in [5.74, 6) is -0.583. The van der Waals surface area contributed by atoms with Crippen LogP contribution in [0.1, 0.15) is 401 Å². The fraction of sp³-hybridized carbons (Fsp3) is 0.948. The first-order valence-electron chi connectivity index (χ1n) is 40.0. The van der Waals surface area contributed by atoms with E-state index < -0.39 is 97.5 Å². The maximum atomic E-state index is 13.1. The predicted molar refractivity (Wildman–Crippen MR) is 391 cm³/mol. The van der Waals surface area contributed by atoms with Crippen LogP contribution in [0, 0.1) is 11.8 Å². The van der Waals surface area contributed by atoms with Crippen LogP contribution >= 0.6 is 15.6 Å². The third-order valence-electron chi connectivity index (χ3n) is 18.3. The first-order valence-corrected chi connectivity index (χ1v) is 43.0. The van der Waals surface area contributed by atoms with Crippen LogP contribution in [0.15, 0.2) is 0 Å². The van der Waals surface area contributed by atoms with Crippen LogP contribution in [0.3, 0.4) is 0 Å². The number of phosphoric ester groups is 2. The second kappa shape index (κ2) is 68.8. The number of phosphoric acid groups is 2. The topological polar surface area (TPSA) is 237 Å². The third-order valence-corrected chi connectivity index (χ3v) is 20.2. The lowest BCUT2D eigenvalue weighted by molar-refractivity contribution is -0.161. The molecule has 570 valence electrons. The number of carbonyl (C=O) groups excluding carboxylic acids is 4. The number of ether oxygens (including phenoxy) is 4. The molecule has 0 bridgehead atoms. The van der Waals surface area contributed by atoms with E-state index in [0.717, 1.165) is 102 Å². The van der Waals surface area contributed by atoms with E-state index in [1.165, 1.54) is 218 Å². The molecule has 0 rings (SSSR count).